The molecule has 160 valence electrons. The maximum atomic E-state index is 12.7. The number of carbonyl (C=O) groups excluding carboxylic acids is 1. The summed E-state index contributed by atoms with van der Waals surface area (Å²) in [4.78, 5) is 18.2. The molecule has 0 radical (unpaired) electrons. The van der Waals surface area contributed by atoms with Crippen molar-refractivity contribution in [3.05, 3.63) is 75.4 Å². The zero-order valence-electron chi connectivity index (χ0n) is 17.5. The van der Waals surface area contributed by atoms with Gasteiger partial charge in [-0.1, -0.05) is 36.0 Å². The van der Waals surface area contributed by atoms with Crippen LogP contribution in [0.3, 0.4) is 0 Å². The number of benzene rings is 1. The molecule has 7 nitrogen and oxygen atoms in total. The van der Waals surface area contributed by atoms with Gasteiger partial charge in [0.15, 0.2) is 0 Å². The van der Waals surface area contributed by atoms with Crippen molar-refractivity contribution in [2.75, 3.05) is 11.1 Å². The molecule has 2 N–H and O–H groups in total. The first-order chi connectivity index (χ1) is 15.6. The maximum Gasteiger partial charge on any atom is 0.236 e. The molecular weight excluding hydrogens is 440 g/mol. The first-order valence-corrected chi connectivity index (χ1v) is 11.7. The van der Waals surface area contributed by atoms with E-state index in [1.165, 1.54) is 11.8 Å². The second-order valence-electron chi connectivity index (χ2n) is 6.91. The maximum absolute atomic E-state index is 12.7. The van der Waals surface area contributed by atoms with Crippen LogP contribution in [0.1, 0.15) is 27.5 Å². The topological polar surface area (TPSA) is 99.4 Å². The Morgan fingerprint density at radius 3 is 2.78 bits per heavy atom. The van der Waals surface area contributed by atoms with Crippen molar-refractivity contribution in [1.29, 1.82) is 5.26 Å². The van der Waals surface area contributed by atoms with Crippen LogP contribution in [0.15, 0.2) is 53.0 Å². The van der Waals surface area contributed by atoms with Crippen molar-refractivity contribution >= 4 is 47.0 Å². The van der Waals surface area contributed by atoms with Gasteiger partial charge in [0.25, 0.3) is 0 Å². The van der Waals surface area contributed by atoms with Gasteiger partial charge in [0, 0.05) is 16.3 Å². The number of amides is 1. The van der Waals surface area contributed by atoms with E-state index < -0.39 is 0 Å². The molecule has 0 aliphatic carbocycles. The second kappa shape index (κ2) is 9.68. The largest absolute Gasteiger partial charge is 0.310 e. The van der Waals surface area contributed by atoms with Crippen LogP contribution in [0.25, 0.3) is 17.8 Å². The van der Waals surface area contributed by atoms with Crippen molar-refractivity contribution in [2.24, 2.45) is 0 Å². The summed E-state index contributed by atoms with van der Waals surface area (Å²) in [6.45, 7) is 3.82. The number of nitrogens with one attached hydrogen (secondary N) is 2. The van der Waals surface area contributed by atoms with Gasteiger partial charge in [0.2, 0.25) is 11.1 Å². The number of hydrogen-bond donors (Lipinski definition) is 2. The monoisotopic (exact) mass is 460 g/mol. The number of nitriles is 1. The lowest BCUT2D eigenvalue weighted by Crippen LogP contribution is -2.17. The number of nitrogens with zero attached hydrogens (tertiary/aromatic N) is 4. The van der Waals surface area contributed by atoms with Crippen LogP contribution in [0.4, 0.5) is 5.82 Å². The van der Waals surface area contributed by atoms with Crippen LogP contribution >= 0.6 is 23.1 Å². The van der Waals surface area contributed by atoms with E-state index in [2.05, 4.69) is 26.6 Å². The van der Waals surface area contributed by atoms with Crippen LogP contribution in [0.5, 0.6) is 0 Å². The van der Waals surface area contributed by atoms with E-state index in [1.54, 1.807) is 11.3 Å². The van der Waals surface area contributed by atoms with Gasteiger partial charge in [-0.25, -0.2) is 4.98 Å². The lowest BCUT2D eigenvalue weighted by atomic mass is 10.2. The number of thiophene rings is 1. The first-order valence-electron chi connectivity index (χ1n) is 9.81. The Morgan fingerprint density at radius 2 is 2.06 bits per heavy atom. The molecule has 4 rings (SSSR count). The van der Waals surface area contributed by atoms with Crippen molar-refractivity contribution in [3.63, 3.8) is 0 Å². The predicted octanol–water partition coefficient (Wildman–Crippen LogP) is 5.05. The molecule has 0 saturated carbocycles. The third-order valence-corrected chi connectivity index (χ3v) is 6.55. The highest BCUT2D eigenvalue weighted by Gasteiger charge is 2.20. The molecule has 0 fully saturated rings. The summed E-state index contributed by atoms with van der Waals surface area (Å²) in [5.74, 6) is 0.988. The molecule has 32 heavy (non-hydrogen) atoms. The number of para-hydroxylation sites is 1. The van der Waals surface area contributed by atoms with E-state index in [1.807, 2.05) is 78.4 Å². The van der Waals surface area contributed by atoms with Crippen molar-refractivity contribution in [2.45, 2.75) is 19.0 Å². The highest BCUT2D eigenvalue weighted by molar-refractivity contribution is 7.99. The van der Waals surface area contributed by atoms with Gasteiger partial charge in [-0.05, 0) is 55.1 Å². The van der Waals surface area contributed by atoms with Gasteiger partial charge in [-0.3, -0.25) is 14.5 Å². The molecule has 0 spiro atoms. The second-order valence-corrected chi connectivity index (χ2v) is 8.83. The zero-order chi connectivity index (χ0) is 22.5. The Morgan fingerprint density at radius 1 is 1.25 bits per heavy atom. The molecule has 9 heteroatoms. The molecule has 4 aromatic rings. The minimum absolute atomic E-state index is 0.120. The molecule has 0 atom stereocenters. The highest BCUT2D eigenvalue weighted by Crippen LogP contribution is 2.30. The molecule has 0 bridgehead atoms. The Labute approximate surface area is 193 Å². The summed E-state index contributed by atoms with van der Waals surface area (Å²) in [6, 6.07) is 15.9. The number of aromatic amines is 1. The summed E-state index contributed by atoms with van der Waals surface area (Å²) in [5.41, 5.74) is 3.10. The number of rotatable bonds is 7. The number of aromatic nitrogens is 4. The fraction of sp³-hybridized carbons (Fsp3) is 0.130. The van der Waals surface area contributed by atoms with Crippen LogP contribution in [-0.2, 0) is 4.79 Å². The Hall–Kier alpha value is -3.61. The lowest BCUT2D eigenvalue weighted by Gasteiger charge is -2.12. The first kappa shape index (κ1) is 21.6. The molecule has 0 unspecified atom stereocenters. The summed E-state index contributed by atoms with van der Waals surface area (Å²) >= 11 is 2.87. The number of carbonyl (C=O) groups is 1. The number of anilines is 1. The standard InChI is InChI=1S/C23H20N6OS2/c1-15-16(2)29(17-7-4-3-5-8-17)22(19(15)13-24)26-21(30)14-32-23-25-20(27-28-23)11-10-18-9-6-12-31-18/h3-12H,14H2,1-2H3,(H,26,30)(H,25,27,28)/b11-10+. The molecule has 0 saturated heterocycles. The van der Waals surface area contributed by atoms with Crippen LogP contribution in [0, 0.1) is 25.2 Å². The van der Waals surface area contributed by atoms with Crippen molar-refractivity contribution in [3.8, 4) is 11.8 Å². The van der Waals surface area contributed by atoms with E-state index in [9.17, 15) is 10.1 Å². The van der Waals surface area contributed by atoms with Crippen LogP contribution in [-0.4, -0.2) is 31.4 Å². The number of H-pyrrole nitrogens is 1. The minimum atomic E-state index is -0.235. The summed E-state index contributed by atoms with van der Waals surface area (Å²) in [7, 11) is 0. The smallest absolute Gasteiger partial charge is 0.236 e. The number of hydrogen-bond acceptors (Lipinski definition) is 6. The number of thioether (sulfide) groups is 1. The highest BCUT2D eigenvalue weighted by atomic mass is 32.2. The van der Waals surface area contributed by atoms with Crippen LogP contribution in [0.2, 0.25) is 0 Å². The van der Waals surface area contributed by atoms with Gasteiger partial charge in [-0.15, -0.1) is 16.4 Å². The third kappa shape index (κ3) is 4.66. The van der Waals surface area contributed by atoms with E-state index >= 15 is 0 Å². The average Bonchev–Trinajstić information content (AvgIpc) is 3.53. The Bertz CT molecular complexity index is 1300. The fourth-order valence-corrected chi connectivity index (χ4v) is 4.43. The van der Waals surface area contributed by atoms with Gasteiger partial charge in [0.1, 0.15) is 17.7 Å². The minimum Gasteiger partial charge on any atom is -0.310 e. The van der Waals surface area contributed by atoms with E-state index in [4.69, 9.17) is 0 Å². The normalized spacial score (nSPS) is 11.0. The lowest BCUT2D eigenvalue weighted by molar-refractivity contribution is -0.113. The molecule has 0 aliphatic heterocycles. The predicted molar refractivity (Wildman–Crippen MR) is 129 cm³/mol. The van der Waals surface area contributed by atoms with E-state index in [0.717, 1.165) is 21.8 Å². The average molecular weight is 461 g/mol. The SMILES string of the molecule is Cc1c(C#N)c(NC(=O)CSc2n[nH]c(/C=C/c3cccs3)n2)n(-c2ccccc2)c1C. The van der Waals surface area contributed by atoms with Crippen LogP contribution < -0.4 is 5.32 Å². The van der Waals surface area contributed by atoms with Crippen molar-refractivity contribution < 1.29 is 4.79 Å². The summed E-state index contributed by atoms with van der Waals surface area (Å²) < 4.78 is 1.90. The summed E-state index contributed by atoms with van der Waals surface area (Å²) in [6.07, 6.45) is 3.80. The van der Waals surface area contributed by atoms with Gasteiger partial charge in [0.05, 0.1) is 11.3 Å². The Kier molecular flexibility index (Phi) is 6.54. The fourth-order valence-electron chi connectivity index (χ4n) is 3.20. The van der Waals surface area contributed by atoms with Gasteiger partial charge < -0.3 is 5.32 Å². The van der Waals surface area contributed by atoms with E-state index in [-0.39, 0.29) is 11.7 Å². The molecule has 3 aromatic heterocycles. The summed E-state index contributed by atoms with van der Waals surface area (Å²) in [5, 5.41) is 22.1. The quantitative estimate of drug-likeness (QED) is 0.376. The van der Waals surface area contributed by atoms with Crippen molar-refractivity contribution in [1.82, 2.24) is 19.7 Å². The molecular formula is C23H20N6OS2. The molecule has 1 amide bonds. The van der Waals surface area contributed by atoms with Gasteiger partial charge >= 0.3 is 0 Å². The molecule has 0 aliphatic rings. The Balaban J connectivity index is 1.46. The van der Waals surface area contributed by atoms with Gasteiger partial charge in [-0.2, -0.15) is 5.26 Å². The van der Waals surface area contributed by atoms with E-state index in [0.29, 0.717) is 22.4 Å². The molecule has 1 aromatic carbocycles. The third-order valence-electron chi connectivity index (χ3n) is 4.86. The molecule has 3 heterocycles. The zero-order valence-corrected chi connectivity index (χ0v) is 19.1.